The third kappa shape index (κ3) is 5.70. The van der Waals surface area contributed by atoms with Gasteiger partial charge in [0.2, 0.25) is 10.0 Å². The van der Waals surface area contributed by atoms with Gasteiger partial charge in [0.25, 0.3) is 5.69 Å². The van der Waals surface area contributed by atoms with Crippen molar-refractivity contribution in [3.8, 4) is 0 Å². The first-order chi connectivity index (χ1) is 11.0. The number of benzene rings is 1. The van der Waals surface area contributed by atoms with Crippen molar-refractivity contribution < 1.29 is 17.8 Å². The first-order valence-corrected chi connectivity index (χ1v) is 9.58. The number of hydrogen-bond donors (Lipinski definition) is 1. The van der Waals surface area contributed by atoms with Gasteiger partial charge < -0.3 is 4.42 Å². The van der Waals surface area contributed by atoms with E-state index in [9.17, 15) is 18.5 Å². The van der Waals surface area contributed by atoms with Crippen molar-refractivity contribution in [3.63, 3.8) is 0 Å². The molecule has 0 radical (unpaired) electrons. The maximum atomic E-state index is 12.0. The molecule has 0 unspecified atom stereocenters. The average molecular weight is 356 g/mol. The van der Waals surface area contributed by atoms with Gasteiger partial charge in [0.05, 0.1) is 22.7 Å². The quantitative estimate of drug-likeness (QED) is 0.421. The highest BCUT2D eigenvalue weighted by molar-refractivity contribution is 7.98. The van der Waals surface area contributed by atoms with Gasteiger partial charge in [0.1, 0.15) is 5.76 Å². The monoisotopic (exact) mass is 356 g/mol. The van der Waals surface area contributed by atoms with Crippen molar-refractivity contribution in [1.82, 2.24) is 4.72 Å². The third-order valence-electron chi connectivity index (χ3n) is 2.93. The standard InChI is InChI=1S/C14H16N2O5S2/c17-16(18)14-6-2-1-4-12(14)11-23(19,20)15-7-9-22-10-13-5-3-8-21-13/h1-6,8,15H,7,9-11H2. The van der Waals surface area contributed by atoms with Crippen LogP contribution in [-0.2, 0) is 21.5 Å². The molecule has 2 aromatic rings. The van der Waals surface area contributed by atoms with Gasteiger partial charge in [-0.15, -0.1) is 0 Å². The van der Waals surface area contributed by atoms with E-state index in [1.807, 2.05) is 6.07 Å². The van der Waals surface area contributed by atoms with Gasteiger partial charge >= 0.3 is 0 Å². The van der Waals surface area contributed by atoms with Crippen LogP contribution >= 0.6 is 11.8 Å². The van der Waals surface area contributed by atoms with Crippen molar-refractivity contribution in [2.24, 2.45) is 0 Å². The van der Waals surface area contributed by atoms with Crippen LogP contribution < -0.4 is 4.72 Å². The summed E-state index contributed by atoms with van der Waals surface area (Å²) < 4.78 is 31.6. The Morgan fingerprint density at radius 1 is 1.22 bits per heavy atom. The predicted molar refractivity (Wildman–Crippen MR) is 88.6 cm³/mol. The second kappa shape index (κ2) is 8.14. The van der Waals surface area contributed by atoms with Crippen LogP contribution in [-0.4, -0.2) is 25.6 Å². The Bertz CT molecular complexity index is 744. The van der Waals surface area contributed by atoms with E-state index in [1.165, 1.54) is 30.0 Å². The zero-order valence-corrected chi connectivity index (χ0v) is 13.8. The molecule has 2 rings (SSSR count). The molecule has 7 nitrogen and oxygen atoms in total. The van der Waals surface area contributed by atoms with Gasteiger partial charge in [-0.25, -0.2) is 13.1 Å². The first-order valence-electron chi connectivity index (χ1n) is 6.78. The molecular formula is C14H16N2O5S2. The van der Waals surface area contributed by atoms with E-state index < -0.39 is 20.7 Å². The lowest BCUT2D eigenvalue weighted by Gasteiger charge is -2.07. The Kier molecular flexibility index (Phi) is 6.20. The summed E-state index contributed by atoms with van der Waals surface area (Å²) >= 11 is 1.54. The molecule has 0 aliphatic rings. The molecule has 124 valence electrons. The van der Waals surface area contributed by atoms with Crippen molar-refractivity contribution in [1.29, 1.82) is 0 Å². The Labute approximate surface area is 138 Å². The lowest BCUT2D eigenvalue weighted by Crippen LogP contribution is -2.27. The number of nitrogens with one attached hydrogen (secondary N) is 1. The highest BCUT2D eigenvalue weighted by atomic mass is 32.2. The number of nitro benzene ring substituents is 1. The SMILES string of the molecule is O=[N+]([O-])c1ccccc1CS(=O)(=O)NCCSCc1ccco1. The number of hydrogen-bond acceptors (Lipinski definition) is 6. The van der Waals surface area contributed by atoms with Gasteiger partial charge in [0.15, 0.2) is 0 Å². The largest absolute Gasteiger partial charge is 0.468 e. The smallest absolute Gasteiger partial charge is 0.273 e. The van der Waals surface area contributed by atoms with Crippen molar-refractivity contribution in [3.05, 3.63) is 64.1 Å². The second-order valence-electron chi connectivity index (χ2n) is 4.67. The van der Waals surface area contributed by atoms with Crippen LogP contribution in [0.3, 0.4) is 0 Å². The highest BCUT2D eigenvalue weighted by Gasteiger charge is 2.19. The second-order valence-corrected chi connectivity index (χ2v) is 7.58. The van der Waals surface area contributed by atoms with Gasteiger partial charge in [-0.1, -0.05) is 18.2 Å². The van der Waals surface area contributed by atoms with E-state index >= 15 is 0 Å². The fourth-order valence-electron chi connectivity index (χ4n) is 1.90. The third-order valence-corrected chi connectivity index (χ3v) is 5.24. The molecule has 0 fully saturated rings. The summed E-state index contributed by atoms with van der Waals surface area (Å²) in [7, 11) is -3.62. The van der Waals surface area contributed by atoms with Gasteiger partial charge in [-0.05, 0) is 12.1 Å². The summed E-state index contributed by atoms with van der Waals surface area (Å²) in [6, 6.07) is 9.48. The zero-order chi connectivity index (χ0) is 16.7. The topological polar surface area (TPSA) is 102 Å². The predicted octanol–water partition coefficient (Wildman–Crippen LogP) is 2.54. The molecule has 0 saturated carbocycles. The van der Waals surface area contributed by atoms with Crippen LogP contribution in [0, 0.1) is 10.1 Å². The van der Waals surface area contributed by atoms with Crippen LogP contribution in [0.15, 0.2) is 47.1 Å². The molecular weight excluding hydrogens is 340 g/mol. The molecule has 0 amide bonds. The molecule has 0 spiro atoms. The van der Waals surface area contributed by atoms with E-state index in [-0.39, 0.29) is 17.8 Å². The van der Waals surface area contributed by atoms with E-state index in [0.717, 1.165) is 5.76 Å². The molecule has 1 aromatic heterocycles. The van der Waals surface area contributed by atoms with Crippen molar-refractivity contribution >= 4 is 27.5 Å². The van der Waals surface area contributed by atoms with Crippen LogP contribution in [0.4, 0.5) is 5.69 Å². The molecule has 1 heterocycles. The molecule has 0 aliphatic heterocycles. The molecule has 0 bridgehead atoms. The van der Waals surface area contributed by atoms with Gasteiger partial charge in [-0.3, -0.25) is 10.1 Å². The fraction of sp³-hybridized carbons (Fsp3) is 0.286. The van der Waals surface area contributed by atoms with Crippen LogP contribution in [0.1, 0.15) is 11.3 Å². The van der Waals surface area contributed by atoms with Crippen LogP contribution in [0.2, 0.25) is 0 Å². The van der Waals surface area contributed by atoms with E-state index in [1.54, 1.807) is 18.4 Å². The summed E-state index contributed by atoms with van der Waals surface area (Å²) in [5.41, 5.74) is -0.0155. The molecule has 23 heavy (non-hydrogen) atoms. The lowest BCUT2D eigenvalue weighted by atomic mass is 10.2. The highest BCUT2D eigenvalue weighted by Crippen LogP contribution is 2.19. The molecule has 0 aliphatic carbocycles. The molecule has 0 atom stereocenters. The Hall–Kier alpha value is -1.84. The Morgan fingerprint density at radius 2 is 2.00 bits per heavy atom. The maximum absolute atomic E-state index is 12.0. The average Bonchev–Trinajstić information content (AvgIpc) is 3.00. The number of sulfonamides is 1. The summed E-state index contributed by atoms with van der Waals surface area (Å²) in [5, 5.41) is 10.9. The van der Waals surface area contributed by atoms with Crippen LogP contribution in [0.5, 0.6) is 0 Å². The Morgan fingerprint density at radius 3 is 2.70 bits per heavy atom. The fourth-order valence-corrected chi connectivity index (χ4v) is 3.96. The number of thioether (sulfide) groups is 1. The van der Waals surface area contributed by atoms with Gasteiger partial charge in [-0.2, -0.15) is 11.8 Å². The zero-order valence-electron chi connectivity index (χ0n) is 12.2. The van der Waals surface area contributed by atoms with E-state index in [4.69, 9.17) is 4.42 Å². The molecule has 1 N–H and O–H groups in total. The summed E-state index contributed by atoms with van der Waals surface area (Å²) in [4.78, 5) is 10.3. The van der Waals surface area contributed by atoms with Gasteiger partial charge in [0, 0.05) is 23.9 Å². The van der Waals surface area contributed by atoms with Crippen LogP contribution in [0.25, 0.3) is 0 Å². The number of nitrogens with zero attached hydrogens (tertiary/aromatic N) is 1. The summed E-state index contributed by atoms with van der Waals surface area (Å²) in [6.45, 7) is 0.258. The van der Waals surface area contributed by atoms with E-state index in [0.29, 0.717) is 11.5 Å². The minimum absolute atomic E-state index is 0.174. The minimum Gasteiger partial charge on any atom is -0.468 e. The molecule has 9 heteroatoms. The normalized spacial score (nSPS) is 11.5. The van der Waals surface area contributed by atoms with Crippen molar-refractivity contribution in [2.45, 2.75) is 11.5 Å². The van der Waals surface area contributed by atoms with Crippen molar-refractivity contribution in [2.75, 3.05) is 12.3 Å². The number of para-hydroxylation sites is 1. The summed E-state index contributed by atoms with van der Waals surface area (Å²) in [6.07, 6.45) is 1.59. The maximum Gasteiger partial charge on any atom is 0.273 e. The van der Waals surface area contributed by atoms with E-state index in [2.05, 4.69) is 4.72 Å². The molecule has 1 aromatic carbocycles. The minimum atomic E-state index is -3.62. The number of nitro groups is 1. The number of furan rings is 1. The molecule has 0 saturated heterocycles. The summed E-state index contributed by atoms with van der Waals surface area (Å²) in [5.74, 6) is 1.67. The first kappa shape index (κ1) is 17.5. The number of rotatable bonds is 9. The lowest BCUT2D eigenvalue weighted by molar-refractivity contribution is -0.385. The Balaban J connectivity index is 1.81.